The number of urea groups is 1. The molecule has 0 aliphatic heterocycles. The van der Waals surface area contributed by atoms with Crippen molar-refractivity contribution >= 4 is 17.6 Å². The van der Waals surface area contributed by atoms with E-state index in [1.54, 1.807) is 6.07 Å². The van der Waals surface area contributed by atoms with Gasteiger partial charge in [0.05, 0.1) is 6.54 Å². The van der Waals surface area contributed by atoms with Gasteiger partial charge in [0.15, 0.2) is 0 Å². The van der Waals surface area contributed by atoms with E-state index in [2.05, 4.69) is 16.2 Å². The van der Waals surface area contributed by atoms with Gasteiger partial charge in [-0.3, -0.25) is 15.0 Å². The van der Waals surface area contributed by atoms with Crippen LogP contribution in [0.3, 0.4) is 0 Å². The molecule has 148 valence electrons. The number of hydrogen-bond acceptors (Lipinski definition) is 3. The van der Waals surface area contributed by atoms with Crippen molar-refractivity contribution in [3.05, 3.63) is 100.0 Å². The monoisotopic (exact) mass is 398 g/mol. The van der Waals surface area contributed by atoms with Gasteiger partial charge in [-0.1, -0.05) is 12.1 Å². The normalized spacial score (nSPS) is 10.3. The highest BCUT2D eigenvalue weighted by molar-refractivity contribution is 5.96. The number of hydrogen-bond donors (Lipinski definition) is 3. The molecule has 0 atom stereocenters. The molecular formula is C20H16F2N4O3. The number of nitrogens with one attached hydrogen (secondary N) is 3. The summed E-state index contributed by atoms with van der Waals surface area (Å²) in [7, 11) is 0. The zero-order chi connectivity index (χ0) is 20.8. The van der Waals surface area contributed by atoms with E-state index in [0.29, 0.717) is 11.3 Å². The second-order valence-corrected chi connectivity index (χ2v) is 6.02. The molecule has 0 saturated carbocycles. The topological polar surface area (TPSA) is 92.2 Å². The Hall–Kier alpha value is -4.01. The van der Waals surface area contributed by atoms with Crippen LogP contribution in [0.5, 0.6) is 0 Å². The van der Waals surface area contributed by atoms with E-state index >= 15 is 0 Å². The molecule has 0 radical (unpaired) electrons. The van der Waals surface area contributed by atoms with Crippen LogP contribution in [0.4, 0.5) is 19.3 Å². The van der Waals surface area contributed by atoms with Crippen LogP contribution < -0.4 is 21.7 Å². The van der Waals surface area contributed by atoms with Crippen LogP contribution in [0.25, 0.3) is 0 Å². The Labute approximate surface area is 164 Å². The van der Waals surface area contributed by atoms with Gasteiger partial charge in [-0.15, -0.1) is 0 Å². The number of aromatic nitrogens is 1. The smallest absolute Gasteiger partial charge is 0.310 e. The van der Waals surface area contributed by atoms with E-state index in [1.807, 2.05) is 0 Å². The van der Waals surface area contributed by atoms with Crippen molar-refractivity contribution in [1.29, 1.82) is 0 Å². The summed E-state index contributed by atoms with van der Waals surface area (Å²) in [6, 6.07) is 12.8. The highest BCUT2D eigenvalue weighted by Gasteiger charge is 2.13. The van der Waals surface area contributed by atoms with Gasteiger partial charge in [0.1, 0.15) is 17.2 Å². The molecule has 9 heteroatoms. The summed E-state index contributed by atoms with van der Waals surface area (Å²) in [5.41, 5.74) is 4.30. The first-order valence-corrected chi connectivity index (χ1v) is 8.49. The molecular weight excluding hydrogens is 382 g/mol. The number of amides is 3. The second-order valence-electron chi connectivity index (χ2n) is 6.02. The van der Waals surface area contributed by atoms with Crippen LogP contribution in [0.2, 0.25) is 0 Å². The minimum atomic E-state index is -0.821. The summed E-state index contributed by atoms with van der Waals surface area (Å²) in [6.07, 6.45) is 1.47. The van der Waals surface area contributed by atoms with Crippen molar-refractivity contribution in [2.45, 2.75) is 6.54 Å². The molecule has 2 aromatic carbocycles. The number of benzene rings is 2. The van der Waals surface area contributed by atoms with Gasteiger partial charge in [0.25, 0.3) is 11.5 Å². The van der Waals surface area contributed by atoms with Crippen LogP contribution in [-0.2, 0) is 6.54 Å². The molecule has 3 aromatic rings. The Kier molecular flexibility index (Phi) is 5.98. The number of halogens is 2. The van der Waals surface area contributed by atoms with Crippen molar-refractivity contribution < 1.29 is 18.4 Å². The van der Waals surface area contributed by atoms with E-state index in [0.717, 1.165) is 0 Å². The van der Waals surface area contributed by atoms with Gasteiger partial charge in [0.2, 0.25) is 0 Å². The highest BCUT2D eigenvalue weighted by Crippen LogP contribution is 2.08. The van der Waals surface area contributed by atoms with Crippen molar-refractivity contribution in [2.75, 3.05) is 5.32 Å². The predicted molar refractivity (Wildman–Crippen MR) is 102 cm³/mol. The van der Waals surface area contributed by atoms with Crippen molar-refractivity contribution in [2.24, 2.45) is 0 Å². The van der Waals surface area contributed by atoms with Gasteiger partial charge < -0.3 is 9.88 Å². The fraction of sp³-hybridized carbons (Fsp3) is 0.0500. The SMILES string of the molecule is O=C(NNC(=O)c1cccn(Cc2cccc(F)c2)c1=O)Nc1ccc(F)cc1. The molecule has 0 aliphatic carbocycles. The molecule has 0 spiro atoms. The van der Waals surface area contributed by atoms with E-state index in [-0.39, 0.29) is 12.1 Å². The standard InChI is InChI=1S/C20H16F2N4O3/c21-14-6-8-16(9-7-14)23-20(29)25-24-18(27)17-5-2-10-26(19(17)28)12-13-3-1-4-15(22)11-13/h1-11H,12H2,(H,24,27)(H2,23,25,29). The Morgan fingerprint density at radius 1 is 0.897 bits per heavy atom. The minimum Gasteiger partial charge on any atom is -0.310 e. The maximum absolute atomic E-state index is 13.3. The van der Waals surface area contributed by atoms with Crippen LogP contribution >= 0.6 is 0 Å². The third kappa shape index (κ3) is 5.25. The number of anilines is 1. The van der Waals surface area contributed by atoms with E-state index in [9.17, 15) is 23.2 Å². The van der Waals surface area contributed by atoms with Crippen LogP contribution in [0.1, 0.15) is 15.9 Å². The molecule has 0 fully saturated rings. The summed E-state index contributed by atoms with van der Waals surface area (Å²) < 4.78 is 27.4. The zero-order valence-electron chi connectivity index (χ0n) is 15.0. The average molecular weight is 398 g/mol. The van der Waals surface area contributed by atoms with Gasteiger partial charge in [0, 0.05) is 11.9 Å². The van der Waals surface area contributed by atoms with Gasteiger partial charge in [-0.25, -0.2) is 19.0 Å². The second kappa shape index (κ2) is 8.79. The maximum atomic E-state index is 13.3. The fourth-order valence-electron chi connectivity index (χ4n) is 2.54. The van der Waals surface area contributed by atoms with Crippen molar-refractivity contribution in [3.63, 3.8) is 0 Å². The largest absolute Gasteiger partial charge is 0.337 e. The molecule has 0 unspecified atom stereocenters. The lowest BCUT2D eigenvalue weighted by atomic mass is 10.2. The molecule has 0 aliphatic rings. The first kappa shape index (κ1) is 19.7. The first-order valence-electron chi connectivity index (χ1n) is 8.49. The average Bonchev–Trinajstić information content (AvgIpc) is 2.69. The Balaban J connectivity index is 1.64. The van der Waals surface area contributed by atoms with Crippen LogP contribution in [-0.4, -0.2) is 16.5 Å². The summed E-state index contributed by atoms with van der Waals surface area (Å²) >= 11 is 0. The summed E-state index contributed by atoms with van der Waals surface area (Å²) in [6.45, 7) is 0.0796. The molecule has 0 bridgehead atoms. The molecule has 1 heterocycles. The van der Waals surface area contributed by atoms with Crippen LogP contribution in [0.15, 0.2) is 71.7 Å². The lowest BCUT2D eigenvalue weighted by Gasteiger charge is -2.10. The fourth-order valence-corrected chi connectivity index (χ4v) is 2.54. The summed E-state index contributed by atoms with van der Waals surface area (Å²) in [5.74, 6) is -1.71. The number of carbonyl (C=O) groups is 2. The van der Waals surface area contributed by atoms with Crippen LogP contribution in [0, 0.1) is 11.6 Å². The molecule has 3 N–H and O–H groups in total. The number of pyridine rings is 1. The first-order chi connectivity index (χ1) is 13.9. The van der Waals surface area contributed by atoms with Crippen molar-refractivity contribution in [1.82, 2.24) is 15.4 Å². The highest BCUT2D eigenvalue weighted by atomic mass is 19.1. The molecule has 7 nitrogen and oxygen atoms in total. The third-order valence-corrected chi connectivity index (χ3v) is 3.90. The summed E-state index contributed by atoms with van der Waals surface area (Å²) in [4.78, 5) is 36.6. The van der Waals surface area contributed by atoms with E-state index in [4.69, 9.17) is 0 Å². The number of nitrogens with zero attached hydrogens (tertiary/aromatic N) is 1. The molecule has 0 saturated heterocycles. The molecule has 3 rings (SSSR count). The quantitative estimate of drug-likeness (QED) is 0.590. The predicted octanol–water partition coefficient (Wildman–Crippen LogP) is 2.64. The van der Waals surface area contributed by atoms with E-state index < -0.39 is 29.1 Å². The lowest BCUT2D eigenvalue weighted by Crippen LogP contribution is -2.45. The Morgan fingerprint density at radius 2 is 1.66 bits per heavy atom. The third-order valence-electron chi connectivity index (χ3n) is 3.90. The molecule has 3 amide bonds. The summed E-state index contributed by atoms with van der Waals surface area (Å²) in [5, 5.41) is 2.39. The Morgan fingerprint density at radius 3 is 2.38 bits per heavy atom. The Bertz CT molecular complexity index is 1100. The number of carbonyl (C=O) groups excluding carboxylic acids is 2. The molecule has 1 aromatic heterocycles. The molecule has 29 heavy (non-hydrogen) atoms. The lowest BCUT2D eigenvalue weighted by molar-refractivity contribution is 0.0936. The van der Waals surface area contributed by atoms with Gasteiger partial charge in [-0.2, -0.15) is 0 Å². The minimum absolute atomic E-state index is 0.0796. The van der Waals surface area contributed by atoms with Gasteiger partial charge in [-0.05, 0) is 54.1 Å². The number of rotatable bonds is 4. The van der Waals surface area contributed by atoms with E-state index in [1.165, 1.54) is 65.4 Å². The van der Waals surface area contributed by atoms with Crippen molar-refractivity contribution in [3.8, 4) is 0 Å². The number of hydrazine groups is 1. The zero-order valence-corrected chi connectivity index (χ0v) is 15.0. The van der Waals surface area contributed by atoms with Gasteiger partial charge >= 0.3 is 6.03 Å². The maximum Gasteiger partial charge on any atom is 0.337 e.